The van der Waals surface area contributed by atoms with E-state index in [0.29, 0.717) is 12.5 Å². The molecule has 1 N–H and O–H groups in total. The van der Waals surface area contributed by atoms with E-state index in [2.05, 4.69) is 19.2 Å². The minimum Gasteiger partial charge on any atom is -0.342 e. The molecule has 2 amide bonds. The molecule has 21 heavy (non-hydrogen) atoms. The van der Waals surface area contributed by atoms with E-state index in [1.165, 1.54) is 12.8 Å². The van der Waals surface area contributed by atoms with Gasteiger partial charge >= 0.3 is 0 Å². The number of hydrogen-bond donors (Lipinski definition) is 1. The summed E-state index contributed by atoms with van der Waals surface area (Å²) in [5.41, 5.74) is -0.735. The van der Waals surface area contributed by atoms with Gasteiger partial charge in [0.2, 0.25) is 11.8 Å². The number of piperazine rings is 1. The summed E-state index contributed by atoms with van der Waals surface area (Å²) in [7, 11) is 0. The lowest BCUT2D eigenvalue weighted by Crippen LogP contribution is -2.68. The summed E-state index contributed by atoms with van der Waals surface area (Å²) in [6, 6.07) is -0.334. The zero-order chi connectivity index (χ0) is 16.0. The molecule has 0 aromatic heterocycles. The molecule has 0 radical (unpaired) electrons. The number of hydrogen-bond acceptors (Lipinski definition) is 2. The van der Waals surface area contributed by atoms with Crippen LogP contribution in [0, 0.1) is 5.92 Å². The van der Waals surface area contributed by atoms with Crippen LogP contribution in [0.1, 0.15) is 73.1 Å². The largest absolute Gasteiger partial charge is 0.342 e. The number of nitrogens with zero attached hydrogens (tertiary/aromatic N) is 1. The molecular weight excluding hydrogens is 264 g/mol. The van der Waals surface area contributed by atoms with Crippen LogP contribution in [-0.4, -0.2) is 34.8 Å². The molecular formula is C17H32N2O2. The molecule has 1 saturated heterocycles. The molecule has 4 nitrogen and oxygen atoms in total. The second-order valence-corrected chi connectivity index (χ2v) is 6.74. The van der Waals surface area contributed by atoms with E-state index >= 15 is 0 Å². The maximum atomic E-state index is 12.7. The third-order valence-corrected chi connectivity index (χ3v) is 4.66. The molecule has 0 aromatic rings. The minimum atomic E-state index is -0.735. The van der Waals surface area contributed by atoms with Gasteiger partial charge in [-0.15, -0.1) is 0 Å². The first-order chi connectivity index (χ1) is 9.88. The van der Waals surface area contributed by atoms with Gasteiger partial charge in [-0.25, -0.2) is 0 Å². The summed E-state index contributed by atoms with van der Waals surface area (Å²) in [4.78, 5) is 26.9. The van der Waals surface area contributed by atoms with E-state index in [-0.39, 0.29) is 17.9 Å². The molecule has 2 atom stereocenters. The fourth-order valence-corrected chi connectivity index (χ4v) is 2.96. The van der Waals surface area contributed by atoms with Gasteiger partial charge in [-0.1, -0.05) is 46.5 Å². The van der Waals surface area contributed by atoms with Crippen LogP contribution in [0.15, 0.2) is 0 Å². The predicted molar refractivity (Wildman–Crippen MR) is 85.9 cm³/mol. The van der Waals surface area contributed by atoms with E-state index in [9.17, 15) is 9.59 Å². The highest BCUT2D eigenvalue weighted by molar-refractivity contribution is 5.99. The van der Waals surface area contributed by atoms with Gasteiger partial charge in [-0.05, 0) is 32.6 Å². The Balaban J connectivity index is 2.86. The predicted octanol–water partition coefficient (Wildman–Crippen LogP) is 3.11. The summed E-state index contributed by atoms with van der Waals surface area (Å²) in [5.74, 6) is 0.559. The van der Waals surface area contributed by atoms with Crippen molar-refractivity contribution in [3.63, 3.8) is 0 Å². The number of carbonyl (C=O) groups excluding carboxylic acids is 2. The molecule has 122 valence electrons. The Labute approximate surface area is 129 Å². The molecule has 0 aliphatic carbocycles. The van der Waals surface area contributed by atoms with Crippen molar-refractivity contribution in [1.29, 1.82) is 0 Å². The van der Waals surface area contributed by atoms with Crippen molar-refractivity contribution in [2.75, 3.05) is 6.54 Å². The standard InChI is InChI=1S/C17H32N2O2/c1-6-9-11-13(8-3)12-19-15(20)14(10-7-2)18-16(21)17(19,4)5/h13-14H,6-12H2,1-5H3,(H,18,21). The van der Waals surface area contributed by atoms with E-state index in [1.54, 1.807) is 0 Å². The van der Waals surface area contributed by atoms with Crippen LogP contribution in [0.4, 0.5) is 0 Å². The van der Waals surface area contributed by atoms with Gasteiger partial charge in [-0.3, -0.25) is 9.59 Å². The molecule has 1 rings (SSSR count). The van der Waals surface area contributed by atoms with Crippen molar-refractivity contribution in [3.8, 4) is 0 Å². The number of carbonyl (C=O) groups is 2. The smallest absolute Gasteiger partial charge is 0.246 e. The second kappa shape index (κ2) is 7.81. The highest BCUT2D eigenvalue weighted by Crippen LogP contribution is 2.26. The molecule has 0 spiro atoms. The van der Waals surface area contributed by atoms with Crippen molar-refractivity contribution in [3.05, 3.63) is 0 Å². The van der Waals surface area contributed by atoms with Gasteiger partial charge in [0.25, 0.3) is 0 Å². The Morgan fingerprint density at radius 3 is 2.38 bits per heavy atom. The maximum Gasteiger partial charge on any atom is 0.246 e. The Morgan fingerprint density at radius 1 is 1.19 bits per heavy atom. The SMILES string of the molecule is CCCCC(CC)CN1C(=O)C(CCC)NC(=O)C1(C)C. The molecule has 4 heteroatoms. The van der Waals surface area contributed by atoms with Gasteiger partial charge in [0.1, 0.15) is 11.6 Å². The van der Waals surface area contributed by atoms with Crippen molar-refractivity contribution in [2.45, 2.75) is 84.7 Å². The van der Waals surface area contributed by atoms with Crippen LogP contribution >= 0.6 is 0 Å². The Kier molecular flexibility index (Phi) is 6.69. The molecule has 1 heterocycles. The highest BCUT2D eigenvalue weighted by Gasteiger charge is 2.46. The molecule has 2 unspecified atom stereocenters. The fraction of sp³-hybridized carbons (Fsp3) is 0.882. The van der Waals surface area contributed by atoms with Crippen LogP contribution in [0.5, 0.6) is 0 Å². The van der Waals surface area contributed by atoms with E-state index in [0.717, 1.165) is 25.7 Å². The first-order valence-electron chi connectivity index (χ1n) is 8.50. The minimum absolute atomic E-state index is 0.0223. The maximum absolute atomic E-state index is 12.7. The topological polar surface area (TPSA) is 49.4 Å². The normalized spacial score (nSPS) is 23.1. The summed E-state index contributed by atoms with van der Waals surface area (Å²) in [6.07, 6.45) is 6.17. The van der Waals surface area contributed by atoms with Crippen LogP contribution < -0.4 is 5.32 Å². The average Bonchev–Trinajstić information content (AvgIpc) is 2.44. The molecule has 0 aromatic carbocycles. The summed E-state index contributed by atoms with van der Waals surface area (Å²) in [5, 5.41) is 2.89. The molecule has 0 bridgehead atoms. The molecule has 1 fully saturated rings. The fourth-order valence-electron chi connectivity index (χ4n) is 2.96. The lowest BCUT2D eigenvalue weighted by atomic mass is 9.90. The third kappa shape index (κ3) is 4.21. The van der Waals surface area contributed by atoms with Gasteiger partial charge in [-0.2, -0.15) is 0 Å². The summed E-state index contributed by atoms with van der Waals surface area (Å²) >= 11 is 0. The van der Waals surface area contributed by atoms with Crippen molar-refractivity contribution < 1.29 is 9.59 Å². The first-order valence-corrected chi connectivity index (χ1v) is 8.50. The van der Waals surface area contributed by atoms with E-state index in [1.807, 2.05) is 25.7 Å². The second-order valence-electron chi connectivity index (χ2n) is 6.74. The van der Waals surface area contributed by atoms with Crippen molar-refractivity contribution in [2.24, 2.45) is 5.92 Å². The quantitative estimate of drug-likeness (QED) is 0.748. The van der Waals surface area contributed by atoms with Crippen molar-refractivity contribution >= 4 is 11.8 Å². The summed E-state index contributed by atoms with van der Waals surface area (Å²) < 4.78 is 0. The number of amides is 2. The lowest BCUT2D eigenvalue weighted by Gasteiger charge is -2.45. The van der Waals surface area contributed by atoms with Crippen LogP contribution in [0.2, 0.25) is 0 Å². The van der Waals surface area contributed by atoms with Gasteiger partial charge in [0, 0.05) is 6.54 Å². The lowest BCUT2D eigenvalue weighted by molar-refractivity contribution is -0.156. The molecule has 1 aliphatic heterocycles. The van der Waals surface area contributed by atoms with E-state index < -0.39 is 5.54 Å². The number of nitrogens with one attached hydrogen (secondary N) is 1. The van der Waals surface area contributed by atoms with Crippen LogP contribution in [-0.2, 0) is 9.59 Å². The van der Waals surface area contributed by atoms with E-state index in [4.69, 9.17) is 0 Å². The van der Waals surface area contributed by atoms with Gasteiger partial charge < -0.3 is 10.2 Å². The highest BCUT2D eigenvalue weighted by atomic mass is 16.2. The molecule has 1 aliphatic rings. The molecule has 0 saturated carbocycles. The number of rotatable bonds is 8. The first kappa shape index (κ1) is 18.0. The van der Waals surface area contributed by atoms with Crippen molar-refractivity contribution in [1.82, 2.24) is 10.2 Å². The average molecular weight is 296 g/mol. The Hall–Kier alpha value is -1.06. The van der Waals surface area contributed by atoms with Gasteiger partial charge in [0.05, 0.1) is 0 Å². The van der Waals surface area contributed by atoms with Gasteiger partial charge in [0.15, 0.2) is 0 Å². The number of unbranched alkanes of at least 4 members (excludes halogenated alkanes) is 1. The van der Waals surface area contributed by atoms with Crippen LogP contribution in [0.25, 0.3) is 0 Å². The summed E-state index contributed by atoms with van der Waals surface area (Å²) in [6.45, 7) is 10.8. The third-order valence-electron chi connectivity index (χ3n) is 4.66. The monoisotopic (exact) mass is 296 g/mol. The Bertz CT molecular complexity index is 366. The zero-order valence-electron chi connectivity index (χ0n) is 14.4. The Morgan fingerprint density at radius 2 is 1.86 bits per heavy atom. The zero-order valence-corrected chi connectivity index (χ0v) is 14.4. The van der Waals surface area contributed by atoms with Crippen LogP contribution in [0.3, 0.4) is 0 Å².